The number of anilines is 1. The van der Waals surface area contributed by atoms with Gasteiger partial charge in [-0.1, -0.05) is 11.6 Å². The number of fused-ring (bicyclic) bond motifs is 3. The second-order valence-corrected chi connectivity index (χ2v) is 8.21. The van der Waals surface area contributed by atoms with Crippen LogP contribution in [0.15, 0.2) is 35.1 Å². The van der Waals surface area contributed by atoms with Crippen molar-refractivity contribution in [2.75, 3.05) is 32.1 Å². The van der Waals surface area contributed by atoms with Crippen LogP contribution in [-0.2, 0) is 6.54 Å². The largest absolute Gasteiger partial charge is 0.395 e. The first kappa shape index (κ1) is 23.1. The number of aliphatic hydroxyl groups excluding tert-OH is 1. The number of pyridine rings is 1. The van der Waals surface area contributed by atoms with Crippen LogP contribution >= 0.6 is 11.6 Å². The molecule has 1 aliphatic rings. The summed E-state index contributed by atoms with van der Waals surface area (Å²) >= 11 is 5.78. The zero-order valence-corrected chi connectivity index (χ0v) is 18.2. The molecule has 0 aliphatic carbocycles. The summed E-state index contributed by atoms with van der Waals surface area (Å²) < 4.78 is 41.4. The lowest BCUT2D eigenvalue weighted by atomic mass is 9.93. The number of aliphatic hydroxyl groups is 1. The minimum absolute atomic E-state index is 0.0348. The molecule has 1 aliphatic heterocycles. The fraction of sp³-hybridized carbons (Fsp3) is 0.273. The standard InChI is InChI=1S/C22H20ClF3N4O3/c1-29(22(33)27-11-2-3-15(24)14(23)6-11)19-10-30(4-5-31)9-18-20(19)12-7-16(25)17(26)8-13(12)21(32)28-18/h2-3,6-8,19,31H,4-5,9-10H2,1H3,(H,27,33)(H,28,32). The fourth-order valence-corrected chi connectivity index (χ4v) is 4.26. The number of urea groups is 1. The van der Waals surface area contributed by atoms with Gasteiger partial charge in [0.25, 0.3) is 5.56 Å². The molecule has 11 heteroatoms. The molecule has 0 fully saturated rings. The highest BCUT2D eigenvalue weighted by Crippen LogP contribution is 2.35. The Bertz CT molecular complexity index is 1300. The minimum atomic E-state index is -1.15. The van der Waals surface area contributed by atoms with Crippen molar-refractivity contribution in [2.45, 2.75) is 12.6 Å². The van der Waals surface area contributed by atoms with E-state index in [1.165, 1.54) is 24.1 Å². The summed E-state index contributed by atoms with van der Waals surface area (Å²) in [5.74, 6) is -2.89. The van der Waals surface area contributed by atoms with E-state index in [9.17, 15) is 27.9 Å². The number of aromatic nitrogens is 1. The van der Waals surface area contributed by atoms with Crippen LogP contribution in [0.2, 0.25) is 5.02 Å². The average molecular weight is 481 g/mol. The maximum absolute atomic E-state index is 14.1. The molecule has 0 radical (unpaired) electrons. The molecular weight excluding hydrogens is 461 g/mol. The van der Waals surface area contributed by atoms with Crippen molar-refractivity contribution < 1.29 is 23.1 Å². The Labute approximate surface area is 191 Å². The number of rotatable bonds is 4. The van der Waals surface area contributed by atoms with Crippen molar-refractivity contribution in [2.24, 2.45) is 0 Å². The zero-order chi connectivity index (χ0) is 23.9. The average Bonchev–Trinajstić information content (AvgIpc) is 2.77. The summed E-state index contributed by atoms with van der Waals surface area (Å²) in [5, 5.41) is 12.0. The Morgan fingerprint density at radius 2 is 1.91 bits per heavy atom. The highest BCUT2D eigenvalue weighted by molar-refractivity contribution is 6.31. The number of carbonyl (C=O) groups is 1. The minimum Gasteiger partial charge on any atom is -0.395 e. The Morgan fingerprint density at radius 3 is 2.58 bits per heavy atom. The smallest absolute Gasteiger partial charge is 0.322 e. The second-order valence-electron chi connectivity index (χ2n) is 7.80. The molecule has 1 unspecified atom stereocenters. The Morgan fingerprint density at radius 1 is 1.21 bits per heavy atom. The number of nitrogens with one attached hydrogen (secondary N) is 2. The molecule has 2 amide bonds. The van der Waals surface area contributed by atoms with Crippen LogP contribution in [0.1, 0.15) is 17.3 Å². The third kappa shape index (κ3) is 4.41. The van der Waals surface area contributed by atoms with Crippen LogP contribution in [0.3, 0.4) is 0 Å². The van der Waals surface area contributed by atoms with Gasteiger partial charge >= 0.3 is 6.03 Å². The van der Waals surface area contributed by atoms with Gasteiger partial charge in [0.1, 0.15) is 5.82 Å². The number of hydrogen-bond donors (Lipinski definition) is 3. The summed E-state index contributed by atoms with van der Waals surface area (Å²) in [6.45, 7) is 0.641. The molecule has 3 N–H and O–H groups in total. The molecule has 174 valence electrons. The van der Waals surface area contributed by atoms with Gasteiger partial charge in [0.2, 0.25) is 0 Å². The molecule has 3 aromatic rings. The van der Waals surface area contributed by atoms with E-state index in [-0.39, 0.29) is 47.7 Å². The van der Waals surface area contributed by atoms with E-state index in [4.69, 9.17) is 11.6 Å². The van der Waals surface area contributed by atoms with Gasteiger partial charge in [0.15, 0.2) is 11.6 Å². The van der Waals surface area contributed by atoms with Crippen molar-refractivity contribution in [3.8, 4) is 0 Å². The van der Waals surface area contributed by atoms with Gasteiger partial charge in [-0.3, -0.25) is 9.69 Å². The second kappa shape index (κ2) is 9.05. The van der Waals surface area contributed by atoms with Gasteiger partial charge < -0.3 is 20.3 Å². The van der Waals surface area contributed by atoms with Crippen molar-refractivity contribution in [1.82, 2.24) is 14.8 Å². The Kier molecular flexibility index (Phi) is 6.33. The first-order valence-electron chi connectivity index (χ1n) is 10.1. The van der Waals surface area contributed by atoms with Crippen molar-refractivity contribution in [3.05, 3.63) is 74.4 Å². The molecule has 33 heavy (non-hydrogen) atoms. The zero-order valence-electron chi connectivity index (χ0n) is 17.5. The number of nitrogens with zero attached hydrogens (tertiary/aromatic N) is 2. The maximum atomic E-state index is 14.1. The molecule has 4 rings (SSSR count). The number of H-pyrrole nitrogens is 1. The topological polar surface area (TPSA) is 88.7 Å². The SMILES string of the molecule is CN(C(=O)Nc1ccc(F)c(Cl)c1)C1CN(CCO)Cc2[nH]c(=O)c3cc(F)c(F)cc3c21. The number of β-amino-alcohol motifs (C(OH)–C–C–N with tert-alkyl or cyclic N) is 1. The molecule has 0 saturated heterocycles. The summed E-state index contributed by atoms with van der Waals surface area (Å²) in [7, 11) is 1.51. The van der Waals surface area contributed by atoms with Gasteiger partial charge in [-0.15, -0.1) is 0 Å². The number of halogens is 4. The van der Waals surface area contributed by atoms with Crippen LogP contribution in [0.5, 0.6) is 0 Å². The molecule has 0 spiro atoms. The molecule has 1 atom stereocenters. The van der Waals surface area contributed by atoms with Crippen molar-refractivity contribution >= 4 is 34.1 Å². The number of carbonyl (C=O) groups excluding carboxylic acids is 1. The molecule has 0 saturated carbocycles. The van der Waals surface area contributed by atoms with E-state index in [1.807, 2.05) is 4.90 Å². The van der Waals surface area contributed by atoms with Crippen molar-refractivity contribution in [3.63, 3.8) is 0 Å². The molecule has 1 aromatic heterocycles. The number of likely N-dealkylation sites (N-methyl/N-ethyl adjacent to an activating group) is 1. The highest BCUT2D eigenvalue weighted by atomic mass is 35.5. The number of aromatic amines is 1. The lowest BCUT2D eigenvalue weighted by molar-refractivity contribution is 0.129. The summed E-state index contributed by atoms with van der Waals surface area (Å²) in [6.07, 6.45) is 0. The number of hydrogen-bond acceptors (Lipinski definition) is 4. The van der Waals surface area contributed by atoms with Crippen LogP contribution in [0.25, 0.3) is 10.8 Å². The summed E-state index contributed by atoms with van der Waals surface area (Å²) in [5.41, 5.74) is 0.599. The van der Waals surface area contributed by atoms with Crippen LogP contribution < -0.4 is 10.9 Å². The Hall–Kier alpha value is -3.08. The quantitative estimate of drug-likeness (QED) is 0.532. The third-order valence-corrected chi connectivity index (χ3v) is 6.00. The van der Waals surface area contributed by atoms with E-state index in [2.05, 4.69) is 10.3 Å². The molecule has 0 bridgehead atoms. The monoisotopic (exact) mass is 480 g/mol. The van der Waals surface area contributed by atoms with Gasteiger partial charge in [-0.2, -0.15) is 0 Å². The molecule has 2 aromatic carbocycles. The predicted molar refractivity (Wildman–Crippen MR) is 118 cm³/mol. The summed E-state index contributed by atoms with van der Waals surface area (Å²) in [6, 6.07) is 4.28. The maximum Gasteiger partial charge on any atom is 0.322 e. The van der Waals surface area contributed by atoms with Crippen LogP contribution in [0, 0.1) is 17.5 Å². The Balaban J connectivity index is 1.77. The van der Waals surface area contributed by atoms with E-state index in [0.29, 0.717) is 11.3 Å². The van der Waals surface area contributed by atoms with E-state index >= 15 is 0 Å². The number of amides is 2. The van der Waals surface area contributed by atoms with Gasteiger partial charge in [0, 0.05) is 43.6 Å². The van der Waals surface area contributed by atoms with Gasteiger partial charge in [-0.25, -0.2) is 18.0 Å². The normalized spacial score (nSPS) is 16.0. The first-order chi connectivity index (χ1) is 15.7. The van der Waals surface area contributed by atoms with Crippen LogP contribution in [0.4, 0.5) is 23.7 Å². The molecular formula is C22H20ClF3N4O3. The predicted octanol–water partition coefficient (Wildman–Crippen LogP) is 3.61. The van der Waals surface area contributed by atoms with E-state index < -0.39 is 35.1 Å². The lowest BCUT2D eigenvalue weighted by Gasteiger charge is -2.39. The summed E-state index contributed by atoms with van der Waals surface area (Å²) in [4.78, 5) is 31.4. The van der Waals surface area contributed by atoms with Gasteiger partial charge in [0.05, 0.1) is 23.1 Å². The first-order valence-corrected chi connectivity index (χ1v) is 10.4. The lowest BCUT2D eigenvalue weighted by Crippen LogP contribution is -2.46. The molecule has 7 nitrogen and oxygen atoms in total. The van der Waals surface area contributed by atoms with E-state index in [1.54, 1.807) is 0 Å². The van der Waals surface area contributed by atoms with Crippen LogP contribution in [-0.4, -0.2) is 52.7 Å². The van der Waals surface area contributed by atoms with Crippen molar-refractivity contribution in [1.29, 1.82) is 0 Å². The molecule has 2 heterocycles. The number of benzene rings is 2. The fourth-order valence-electron chi connectivity index (χ4n) is 4.08. The highest BCUT2D eigenvalue weighted by Gasteiger charge is 2.33. The third-order valence-electron chi connectivity index (χ3n) is 5.71. The van der Waals surface area contributed by atoms with E-state index in [0.717, 1.165) is 18.2 Å². The van der Waals surface area contributed by atoms with Gasteiger partial charge in [-0.05, 0) is 35.7 Å².